The highest BCUT2D eigenvalue weighted by molar-refractivity contribution is 5.83. The summed E-state index contributed by atoms with van der Waals surface area (Å²) in [5.74, 6) is -0.232. The van der Waals surface area contributed by atoms with Gasteiger partial charge < -0.3 is 10.1 Å². The van der Waals surface area contributed by atoms with Crippen LogP contribution >= 0.6 is 0 Å². The molecule has 1 N–H and O–H groups in total. The smallest absolute Gasteiger partial charge is 0.227 e. The highest BCUT2D eigenvalue weighted by Gasteiger charge is 2.33. The number of ether oxygens (including phenoxy) is 1. The third-order valence-electron chi connectivity index (χ3n) is 4.30. The average molecular weight is 314 g/mol. The Balaban J connectivity index is 1.67. The van der Waals surface area contributed by atoms with Crippen molar-refractivity contribution in [1.82, 2.24) is 20.1 Å². The number of amides is 1. The molecule has 1 fully saturated rings. The molecule has 1 unspecified atom stereocenters. The van der Waals surface area contributed by atoms with Crippen molar-refractivity contribution in [3.63, 3.8) is 0 Å². The number of aryl methyl sites for hydroxylation is 1. The molecule has 1 aliphatic heterocycles. The van der Waals surface area contributed by atoms with Crippen LogP contribution in [0.15, 0.2) is 36.9 Å². The molecule has 3 heterocycles. The largest absolute Gasteiger partial charge is 0.371 e. The first-order valence-electron chi connectivity index (χ1n) is 8.03. The average Bonchev–Trinajstić information content (AvgIpc) is 3.23. The zero-order valence-electron chi connectivity index (χ0n) is 13.5. The molecule has 1 saturated heterocycles. The van der Waals surface area contributed by atoms with Crippen molar-refractivity contribution < 1.29 is 9.53 Å². The first-order chi connectivity index (χ1) is 11.2. The zero-order valence-corrected chi connectivity index (χ0v) is 13.5. The standard InChI is InChI=1S/C17H22N4O2/c1-3-21-11-14(10-19-21)16-15(6-8-23-16)20-17(22)12(2)13-5-4-7-18-9-13/h4-5,7,9-12,15-16H,3,6,8H2,1-2H3,(H,20,22)/t12?,15-,16+/m0/s1. The number of hydrogen-bond acceptors (Lipinski definition) is 4. The molecule has 6 heteroatoms. The Labute approximate surface area is 135 Å². The summed E-state index contributed by atoms with van der Waals surface area (Å²) in [4.78, 5) is 16.6. The van der Waals surface area contributed by atoms with E-state index in [1.54, 1.807) is 12.4 Å². The van der Waals surface area contributed by atoms with Gasteiger partial charge in [0, 0.05) is 37.3 Å². The fourth-order valence-electron chi connectivity index (χ4n) is 2.86. The number of nitrogens with zero attached hydrogens (tertiary/aromatic N) is 3. The van der Waals surface area contributed by atoms with Gasteiger partial charge in [-0.1, -0.05) is 6.07 Å². The van der Waals surface area contributed by atoms with Crippen molar-refractivity contribution in [2.24, 2.45) is 0 Å². The summed E-state index contributed by atoms with van der Waals surface area (Å²) in [6.07, 6.45) is 7.94. The molecule has 0 saturated carbocycles. The first kappa shape index (κ1) is 15.7. The molecule has 23 heavy (non-hydrogen) atoms. The van der Waals surface area contributed by atoms with Gasteiger partial charge in [0.1, 0.15) is 6.10 Å². The molecule has 3 rings (SSSR count). The molecule has 0 radical (unpaired) electrons. The van der Waals surface area contributed by atoms with E-state index in [4.69, 9.17) is 4.74 Å². The van der Waals surface area contributed by atoms with E-state index in [1.807, 2.05) is 43.1 Å². The van der Waals surface area contributed by atoms with Crippen LogP contribution in [0.4, 0.5) is 0 Å². The highest BCUT2D eigenvalue weighted by atomic mass is 16.5. The van der Waals surface area contributed by atoms with Gasteiger partial charge in [0.2, 0.25) is 5.91 Å². The Hall–Kier alpha value is -2.21. The zero-order chi connectivity index (χ0) is 16.2. The predicted octanol–water partition coefficient (Wildman–Crippen LogP) is 2.05. The van der Waals surface area contributed by atoms with E-state index in [0.717, 1.165) is 24.1 Å². The molecule has 6 nitrogen and oxygen atoms in total. The maximum absolute atomic E-state index is 12.5. The maximum Gasteiger partial charge on any atom is 0.227 e. The van der Waals surface area contributed by atoms with Gasteiger partial charge in [-0.15, -0.1) is 0 Å². The van der Waals surface area contributed by atoms with Crippen molar-refractivity contribution in [2.75, 3.05) is 6.61 Å². The molecule has 0 spiro atoms. The van der Waals surface area contributed by atoms with Crippen LogP contribution in [-0.4, -0.2) is 33.3 Å². The molecule has 1 amide bonds. The van der Waals surface area contributed by atoms with E-state index in [9.17, 15) is 4.79 Å². The molecular weight excluding hydrogens is 292 g/mol. The van der Waals surface area contributed by atoms with E-state index < -0.39 is 0 Å². The normalized spacial score (nSPS) is 22.0. The topological polar surface area (TPSA) is 69.0 Å². The quantitative estimate of drug-likeness (QED) is 0.917. The lowest BCUT2D eigenvalue weighted by molar-refractivity contribution is -0.123. The summed E-state index contributed by atoms with van der Waals surface area (Å²) >= 11 is 0. The predicted molar refractivity (Wildman–Crippen MR) is 85.8 cm³/mol. The SMILES string of the molecule is CCn1cc([C@H]2OCC[C@@H]2NC(=O)C(C)c2cccnc2)cn1. The second-order valence-electron chi connectivity index (χ2n) is 5.83. The number of nitrogens with one attached hydrogen (secondary N) is 1. The Morgan fingerprint density at radius 3 is 3.09 bits per heavy atom. The Morgan fingerprint density at radius 2 is 2.39 bits per heavy atom. The fourth-order valence-corrected chi connectivity index (χ4v) is 2.86. The van der Waals surface area contributed by atoms with E-state index in [2.05, 4.69) is 15.4 Å². The minimum atomic E-state index is -0.233. The van der Waals surface area contributed by atoms with E-state index in [-0.39, 0.29) is 24.0 Å². The summed E-state index contributed by atoms with van der Waals surface area (Å²) in [6.45, 7) is 5.41. The van der Waals surface area contributed by atoms with Gasteiger partial charge >= 0.3 is 0 Å². The third kappa shape index (κ3) is 3.42. The number of carbonyl (C=O) groups excluding carboxylic acids is 1. The van der Waals surface area contributed by atoms with Gasteiger partial charge in [0.05, 0.1) is 18.2 Å². The summed E-state index contributed by atoms with van der Waals surface area (Å²) in [7, 11) is 0. The summed E-state index contributed by atoms with van der Waals surface area (Å²) in [5, 5.41) is 7.42. The molecule has 3 atom stereocenters. The minimum absolute atomic E-state index is 0.00128. The van der Waals surface area contributed by atoms with Gasteiger partial charge in [-0.25, -0.2) is 0 Å². The van der Waals surface area contributed by atoms with Crippen LogP contribution in [-0.2, 0) is 16.1 Å². The first-order valence-corrected chi connectivity index (χ1v) is 8.03. The summed E-state index contributed by atoms with van der Waals surface area (Å²) in [5.41, 5.74) is 1.93. The van der Waals surface area contributed by atoms with Gasteiger partial charge in [0.15, 0.2) is 0 Å². The molecular formula is C17H22N4O2. The Morgan fingerprint density at radius 1 is 1.52 bits per heavy atom. The number of pyridine rings is 1. The number of hydrogen-bond donors (Lipinski definition) is 1. The number of carbonyl (C=O) groups is 1. The minimum Gasteiger partial charge on any atom is -0.371 e. The molecule has 0 aromatic carbocycles. The molecule has 0 aliphatic carbocycles. The monoisotopic (exact) mass is 314 g/mol. The molecule has 2 aromatic heterocycles. The maximum atomic E-state index is 12.5. The lowest BCUT2D eigenvalue weighted by atomic mass is 10.00. The molecule has 1 aliphatic rings. The van der Waals surface area contributed by atoms with Crippen molar-refractivity contribution in [3.05, 3.63) is 48.0 Å². The van der Waals surface area contributed by atoms with Crippen molar-refractivity contribution in [2.45, 2.75) is 44.9 Å². The lowest BCUT2D eigenvalue weighted by Crippen LogP contribution is -2.39. The molecule has 2 aromatic rings. The van der Waals surface area contributed by atoms with Crippen LogP contribution in [0, 0.1) is 0 Å². The summed E-state index contributed by atoms with van der Waals surface area (Å²) in [6, 6.07) is 3.75. The van der Waals surface area contributed by atoms with Crippen molar-refractivity contribution >= 4 is 5.91 Å². The number of rotatable bonds is 5. The second-order valence-corrected chi connectivity index (χ2v) is 5.83. The second kappa shape index (κ2) is 6.91. The van der Waals surface area contributed by atoms with Crippen LogP contribution in [0.25, 0.3) is 0 Å². The Kier molecular flexibility index (Phi) is 4.71. The third-order valence-corrected chi connectivity index (χ3v) is 4.30. The lowest BCUT2D eigenvalue weighted by Gasteiger charge is -2.21. The highest BCUT2D eigenvalue weighted by Crippen LogP contribution is 2.29. The van der Waals surface area contributed by atoms with E-state index >= 15 is 0 Å². The summed E-state index contributed by atoms with van der Waals surface area (Å²) < 4.78 is 7.68. The van der Waals surface area contributed by atoms with Gasteiger partial charge in [-0.05, 0) is 31.9 Å². The van der Waals surface area contributed by atoms with Gasteiger partial charge in [0.25, 0.3) is 0 Å². The molecule has 0 bridgehead atoms. The fraction of sp³-hybridized carbons (Fsp3) is 0.471. The van der Waals surface area contributed by atoms with Crippen LogP contribution in [0.2, 0.25) is 0 Å². The molecule has 122 valence electrons. The van der Waals surface area contributed by atoms with Crippen molar-refractivity contribution in [1.29, 1.82) is 0 Å². The number of aromatic nitrogens is 3. The van der Waals surface area contributed by atoms with Gasteiger partial charge in [-0.3, -0.25) is 14.5 Å². The van der Waals surface area contributed by atoms with Crippen LogP contribution in [0.5, 0.6) is 0 Å². The van der Waals surface area contributed by atoms with E-state index in [0.29, 0.717) is 6.61 Å². The van der Waals surface area contributed by atoms with Gasteiger partial charge in [-0.2, -0.15) is 5.10 Å². The Bertz CT molecular complexity index is 656. The van der Waals surface area contributed by atoms with Crippen LogP contribution in [0.1, 0.15) is 43.4 Å². The van der Waals surface area contributed by atoms with Crippen molar-refractivity contribution in [3.8, 4) is 0 Å². The van der Waals surface area contributed by atoms with Crippen LogP contribution < -0.4 is 5.32 Å². The van der Waals surface area contributed by atoms with Crippen LogP contribution in [0.3, 0.4) is 0 Å². The van der Waals surface area contributed by atoms with E-state index in [1.165, 1.54) is 0 Å².